The number of anilines is 1. The third kappa shape index (κ3) is 5.14. The zero-order valence-corrected chi connectivity index (χ0v) is 20.1. The third-order valence-electron chi connectivity index (χ3n) is 5.67. The molecule has 1 unspecified atom stereocenters. The lowest BCUT2D eigenvalue weighted by Gasteiger charge is -2.19. The number of esters is 1. The van der Waals surface area contributed by atoms with Crippen LogP contribution in [0.5, 0.6) is 0 Å². The Morgan fingerprint density at radius 1 is 0.886 bits per heavy atom. The summed E-state index contributed by atoms with van der Waals surface area (Å²) in [4.78, 5) is 38.8. The van der Waals surface area contributed by atoms with Crippen molar-refractivity contribution >= 4 is 28.3 Å². The number of amides is 1. The SMILES string of the molecule is CC(OC(=O)c1nn(-c2ccccc2)c(=O)c2ccccc12)C(=O)Nc1ccc(C(C)(C)C)cc1. The molecule has 0 saturated heterocycles. The Labute approximate surface area is 203 Å². The lowest BCUT2D eigenvalue weighted by molar-refractivity contribution is -0.123. The first-order chi connectivity index (χ1) is 16.6. The Balaban J connectivity index is 1.58. The maximum atomic E-state index is 13.1. The van der Waals surface area contributed by atoms with Gasteiger partial charge >= 0.3 is 5.97 Å². The average molecular weight is 470 g/mol. The molecule has 0 radical (unpaired) electrons. The van der Waals surface area contributed by atoms with Gasteiger partial charge in [0, 0.05) is 11.1 Å². The fourth-order valence-corrected chi connectivity index (χ4v) is 3.65. The first kappa shape index (κ1) is 23.9. The van der Waals surface area contributed by atoms with Crippen LogP contribution >= 0.6 is 0 Å². The number of hydrogen-bond donors (Lipinski definition) is 1. The predicted octanol–water partition coefficient (Wildman–Crippen LogP) is 4.87. The minimum absolute atomic E-state index is 0.00259. The van der Waals surface area contributed by atoms with E-state index in [2.05, 4.69) is 31.2 Å². The fourth-order valence-electron chi connectivity index (χ4n) is 3.65. The van der Waals surface area contributed by atoms with E-state index >= 15 is 0 Å². The molecule has 7 nitrogen and oxygen atoms in total. The molecule has 35 heavy (non-hydrogen) atoms. The topological polar surface area (TPSA) is 90.3 Å². The van der Waals surface area contributed by atoms with E-state index in [1.54, 1.807) is 48.5 Å². The number of para-hydroxylation sites is 1. The number of benzene rings is 3. The van der Waals surface area contributed by atoms with Crippen LogP contribution in [-0.2, 0) is 14.9 Å². The molecule has 1 N–H and O–H groups in total. The van der Waals surface area contributed by atoms with Gasteiger partial charge in [-0.1, -0.05) is 69.3 Å². The first-order valence-corrected chi connectivity index (χ1v) is 11.3. The van der Waals surface area contributed by atoms with Gasteiger partial charge in [-0.3, -0.25) is 9.59 Å². The lowest BCUT2D eigenvalue weighted by Crippen LogP contribution is -2.31. The van der Waals surface area contributed by atoms with Gasteiger partial charge in [0.1, 0.15) is 0 Å². The number of nitrogens with one attached hydrogen (secondary N) is 1. The molecule has 0 saturated carbocycles. The third-order valence-corrected chi connectivity index (χ3v) is 5.67. The monoisotopic (exact) mass is 469 g/mol. The fraction of sp³-hybridized carbons (Fsp3) is 0.214. The van der Waals surface area contributed by atoms with Crippen molar-refractivity contribution in [1.82, 2.24) is 9.78 Å². The minimum Gasteiger partial charge on any atom is -0.448 e. The number of hydrogen-bond acceptors (Lipinski definition) is 5. The van der Waals surface area contributed by atoms with Gasteiger partial charge in [0.25, 0.3) is 11.5 Å². The highest BCUT2D eigenvalue weighted by Crippen LogP contribution is 2.23. The average Bonchev–Trinajstić information content (AvgIpc) is 2.84. The smallest absolute Gasteiger partial charge is 0.360 e. The number of rotatable bonds is 5. The highest BCUT2D eigenvalue weighted by Gasteiger charge is 2.24. The number of carbonyl (C=O) groups is 2. The zero-order chi connectivity index (χ0) is 25.2. The molecule has 1 heterocycles. The van der Waals surface area contributed by atoms with Crippen molar-refractivity contribution in [1.29, 1.82) is 0 Å². The standard InChI is InChI=1S/C28H27N3O4/c1-18(25(32)29-20-16-14-19(15-17-20)28(2,3)4)35-27(34)24-22-12-8-9-13-23(22)26(33)31(30-24)21-10-6-5-7-11-21/h5-18H,1-4H3,(H,29,32). The van der Waals surface area contributed by atoms with Crippen molar-refractivity contribution in [3.8, 4) is 5.69 Å². The van der Waals surface area contributed by atoms with Crippen molar-refractivity contribution in [3.63, 3.8) is 0 Å². The van der Waals surface area contributed by atoms with Gasteiger partial charge in [-0.2, -0.15) is 9.78 Å². The number of nitrogens with zero attached hydrogens (tertiary/aromatic N) is 2. The normalized spacial score (nSPS) is 12.2. The quantitative estimate of drug-likeness (QED) is 0.421. The Morgan fingerprint density at radius 2 is 1.49 bits per heavy atom. The molecule has 4 rings (SSSR count). The van der Waals surface area contributed by atoms with E-state index in [1.807, 2.05) is 30.3 Å². The molecule has 1 aromatic heterocycles. The Hall–Kier alpha value is -4.26. The van der Waals surface area contributed by atoms with Crippen LogP contribution < -0.4 is 10.9 Å². The molecular weight excluding hydrogens is 442 g/mol. The van der Waals surface area contributed by atoms with Gasteiger partial charge in [-0.05, 0) is 48.2 Å². The van der Waals surface area contributed by atoms with E-state index in [0.29, 0.717) is 22.1 Å². The summed E-state index contributed by atoms with van der Waals surface area (Å²) in [6.07, 6.45) is -1.08. The zero-order valence-electron chi connectivity index (χ0n) is 20.1. The summed E-state index contributed by atoms with van der Waals surface area (Å²) in [5, 5.41) is 7.76. The summed E-state index contributed by atoms with van der Waals surface area (Å²) < 4.78 is 6.63. The summed E-state index contributed by atoms with van der Waals surface area (Å²) in [5.41, 5.74) is 1.86. The van der Waals surface area contributed by atoms with Crippen LogP contribution in [0.4, 0.5) is 5.69 Å². The summed E-state index contributed by atoms with van der Waals surface area (Å²) in [6, 6.07) is 23.1. The second-order valence-corrected chi connectivity index (χ2v) is 9.31. The van der Waals surface area contributed by atoms with Crippen LogP contribution in [0.3, 0.4) is 0 Å². The van der Waals surface area contributed by atoms with E-state index < -0.39 is 18.0 Å². The predicted molar refractivity (Wildman–Crippen MR) is 136 cm³/mol. The van der Waals surface area contributed by atoms with Gasteiger partial charge < -0.3 is 10.1 Å². The molecule has 3 aromatic carbocycles. The summed E-state index contributed by atoms with van der Waals surface area (Å²) in [6.45, 7) is 7.83. The molecule has 1 amide bonds. The van der Waals surface area contributed by atoms with Gasteiger partial charge in [-0.25, -0.2) is 4.79 Å². The van der Waals surface area contributed by atoms with Crippen molar-refractivity contribution in [2.75, 3.05) is 5.32 Å². The summed E-state index contributed by atoms with van der Waals surface area (Å²) in [7, 11) is 0. The van der Waals surface area contributed by atoms with E-state index in [0.717, 1.165) is 5.56 Å². The van der Waals surface area contributed by atoms with Crippen molar-refractivity contribution in [2.45, 2.75) is 39.2 Å². The van der Waals surface area contributed by atoms with Crippen LogP contribution in [0.25, 0.3) is 16.5 Å². The molecule has 0 aliphatic rings. The second kappa shape index (κ2) is 9.54. The largest absolute Gasteiger partial charge is 0.448 e. The number of ether oxygens (including phenoxy) is 1. The van der Waals surface area contributed by atoms with E-state index in [-0.39, 0.29) is 16.7 Å². The van der Waals surface area contributed by atoms with Crippen molar-refractivity contribution < 1.29 is 14.3 Å². The van der Waals surface area contributed by atoms with Crippen LogP contribution in [0, 0.1) is 0 Å². The molecule has 1 atom stereocenters. The van der Waals surface area contributed by atoms with Crippen LogP contribution in [0.15, 0.2) is 83.7 Å². The minimum atomic E-state index is -1.08. The number of carbonyl (C=O) groups excluding carboxylic acids is 2. The number of fused-ring (bicyclic) bond motifs is 1. The maximum Gasteiger partial charge on any atom is 0.360 e. The highest BCUT2D eigenvalue weighted by molar-refractivity contribution is 6.03. The Kier molecular flexibility index (Phi) is 6.51. The Bertz CT molecular complexity index is 1440. The molecule has 0 aliphatic heterocycles. The molecule has 0 spiro atoms. The maximum absolute atomic E-state index is 13.1. The van der Waals surface area contributed by atoms with Gasteiger partial charge in [-0.15, -0.1) is 0 Å². The van der Waals surface area contributed by atoms with Gasteiger partial charge in [0.15, 0.2) is 11.8 Å². The summed E-state index contributed by atoms with van der Waals surface area (Å²) in [5.74, 6) is -1.26. The second-order valence-electron chi connectivity index (χ2n) is 9.31. The van der Waals surface area contributed by atoms with Gasteiger partial charge in [0.2, 0.25) is 0 Å². The first-order valence-electron chi connectivity index (χ1n) is 11.3. The molecule has 0 fully saturated rings. The molecule has 0 aliphatic carbocycles. The molecular formula is C28H27N3O4. The molecule has 4 aromatic rings. The number of aromatic nitrogens is 2. The Morgan fingerprint density at radius 3 is 2.11 bits per heavy atom. The lowest BCUT2D eigenvalue weighted by atomic mass is 9.87. The van der Waals surface area contributed by atoms with Gasteiger partial charge in [0.05, 0.1) is 11.1 Å². The van der Waals surface area contributed by atoms with E-state index in [9.17, 15) is 14.4 Å². The molecule has 7 heteroatoms. The van der Waals surface area contributed by atoms with Crippen molar-refractivity contribution in [2.24, 2.45) is 0 Å². The van der Waals surface area contributed by atoms with E-state index in [4.69, 9.17) is 4.74 Å². The van der Waals surface area contributed by atoms with Crippen LogP contribution in [0.1, 0.15) is 43.7 Å². The van der Waals surface area contributed by atoms with Crippen LogP contribution in [-0.4, -0.2) is 27.8 Å². The van der Waals surface area contributed by atoms with Crippen molar-refractivity contribution in [3.05, 3.63) is 100 Å². The molecule has 0 bridgehead atoms. The molecule has 178 valence electrons. The van der Waals surface area contributed by atoms with Crippen LogP contribution in [0.2, 0.25) is 0 Å². The van der Waals surface area contributed by atoms with E-state index in [1.165, 1.54) is 11.6 Å². The highest BCUT2D eigenvalue weighted by atomic mass is 16.5. The summed E-state index contributed by atoms with van der Waals surface area (Å²) >= 11 is 0.